The summed E-state index contributed by atoms with van der Waals surface area (Å²) >= 11 is 0. The van der Waals surface area contributed by atoms with Crippen LogP contribution in [0.25, 0.3) is 11.2 Å². The summed E-state index contributed by atoms with van der Waals surface area (Å²) in [4.78, 5) is 40.7. The molecule has 11 heteroatoms. The van der Waals surface area contributed by atoms with E-state index in [1.807, 2.05) is 0 Å². The summed E-state index contributed by atoms with van der Waals surface area (Å²) in [7, 11) is -4.05. The first-order chi connectivity index (χ1) is 11.3. The maximum Gasteiger partial charge on any atom is 0.325 e. The summed E-state index contributed by atoms with van der Waals surface area (Å²) in [5.74, 6) is 0.00939. The largest absolute Gasteiger partial charge is 0.369 e. The third-order valence-electron chi connectivity index (χ3n) is 4.82. The molecule has 10 nitrogen and oxygen atoms in total. The Morgan fingerprint density at radius 1 is 1.50 bits per heavy atom. The number of ether oxygens (including phenoxy) is 1. The van der Waals surface area contributed by atoms with Crippen LogP contribution in [-0.2, 0) is 9.30 Å². The van der Waals surface area contributed by atoms with Gasteiger partial charge in [-0.05, 0) is 25.7 Å². The van der Waals surface area contributed by atoms with Crippen LogP contribution in [0.3, 0.4) is 0 Å². The number of nitrogens with zero attached hydrogens (tertiary/aromatic N) is 3. The molecule has 4 rings (SSSR count). The van der Waals surface area contributed by atoms with E-state index in [9.17, 15) is 9.36 Å². The van der Waals surface area contributed by atoms with Gasteiger partial charge in [-0.15, -0.1) is 0 Å². The van der Waals surface area contributed by atoms with Crippen molar-refractivity contribution >= 4 is 24.7 Å². The van der Waals surface area contributed by atoms with E-state index >= 15 is 0 Å². The van der Waals surface area contributed by atoms with Gasteiger partial charge in [0.25, 0.3) is 5.56 Å². The number of nitrogen functional groups attached to an aromatic ring is 1. The van der Waals surface area contributed by atoms with Crippen molar-refractivity contribution in [3.8, 4) is 0 Å². The van der Waals surface area contributed by atoms with Crippen molar-refractivity contribution in [3.63, 3.8) is 0 Å². The Bertz CT molecular complexity index is 898. The fourth-order valence-corrected chi connectivity index (χ4v) is 4.12. The van der Waals surface area contributed by atoms with Gasteiger partial charge < -0.3 is 20.3 Å². The van der Waals surface area contributed by atoms with Crippen molar-refractivity contribution in [2.45, 2.75) is 38.0 Å². The number of imidazole rings is 1. The molecule has 2 fully saturated rings. The van der Waals surface area contributed by atoms with Gasteiger partial charge in [-0.25, -0.2) is 4.98 Å². The quantitative estimate of drug-likeness (QED) is 0.572. The first-order valence-electron chi connectivity index (χ1n) is 7.70. The highest BCUT2D eigenvalue weighted by atomic mass is 31.2. The molecule has 1 saturated carbocycles. The average molecular weight is 355 g/mol. The highest BCUT2D eigenvalue weighted by molar-refractivity contribution is 7.51. The van der Waals surface area contributed by atoms with Crippen molar-refractivity contribution in [2.24, 2.45) is 5.41 Å². The van der Waals surface area contributed by atoms with Crippen LogP contribution in [-0.4, -0.2) is 41.6 Å². The fourth-order valence-electron chi connectivity index (χ4n) is 3.50. The molecule has 2 aliphatic rings. The molecule has 1 aliphatic heterocycles. The van der Waals surface area contributed by atoms with E-state index in [1.54, 1.807) is 4.57 Å². The molecule has 130 valence electrons. The number of fused-ring (bicyclic) bond motifs is 1. The number of anilines is 1. The zero-order valence-electron chi connectivity index (χ0n) is 12.8. The van der Waals surface area contributed by atoms with Crippen molar-refractivity contribution in [3.05, 3.63) is 16.7 Å². The zero-order chi connectivity index (χ0) is 17.1. The molecule has 1 aliphatic carbocycles. The molecule has 0 bridgehead atoms. The highest BCUT2D eigenvalue weighted by Crippen LogP contribution is 2.63. The topological polar surface area (TPSA) is 156 Å². The number of hydrogen-bond donors (Lipinski definition) is 4. The number of hydrogen-bond acceptors (Lipinski definition) is 6. The van der Waals surface area contributed by atoms with E-state index in [-0.39, 0.29) is 35.4 Å². The number of nitrogens with two attached hydrogens (primary N) is 1. The molecule has 1 spiro atoms. The third-order valence-corrected chi connectivity index (χ3v) is 5.66. The second kappa shape index (κ2) is 5.13. The minimum atomic E-state index is -4.05. The summed E-state index contributed by atoms with van der Waals surface area (Å²) in [6.45, 7) is 0. The Morgan fingerprint density at radius 3 is 2.92 bits per heavy atom. The number of aromatic nitrogens is 4. The summed E-state index contributed by atoms with van der Waals surface area (Å²) in [5.41, 5.74) is 5.70. The summed E-state index contributed by atoms with van der Waals surface area (Å²) in [5, 5.41) is 0. The van der Waals surface area contributed by atoms with Crippen LogP contribution in [0, 0.1) is 5.41 Å². The maximum absolute atomic E-state index is 11.9. The smallest absolute Gasteiger partial charge is 0.325 e. The summed E-state index contributed by atoms with van der Waals surface area (Å²) in [6.07, 6.45) is 3.69. The molecule has 5 N–H and O–H groups in total. The second-order valence-corrected chi connectivity index (χ2v) is 8.41. The van der Waals surface area contributed by atoms with Gasteiger partial charge in [0, 0.05) is 5.41 Å². The van der Waals surface area contributed by atoms with Crippen LogP contribution in [0.1, 0.15) is 31.9 Å². The van der Waals surface area contributed by atoms with Crippen molar-refractivity contribution in [2.75, 3.05) is 11.9 Å². The Morgan fingerprint density at radius 2 is 2.25 bits per heavy atom. The van der Waals surface area contributed by atoms with Gasteiger partial charge in [0.05, 0.1) is 18.6 Å². The van der Waals surface area contributed by atoms with Gasteiger partial charge >= 0.3 is 7.60 Å². The zero-order valence-corrected chi connectivity index (χ0v) is 13.6. The first kappa shape index (κ1) is 15.8. The van der Waals surface area contributed by atoms with Crippen molar-refractivity contribution in [1.29, 1.82) is 0 Å². The van der Waals surface area contributed by atoms with E-state index in [0.29, 0.717) is 12.1 Å². The highest BCUT2D eigenvalue weighted by Gasteiger charge is 2.57. The standard InChI is InChI=1S/C13H18N5O5P/c14-12-16-9-8(10(19)17-12)15-6-18(9)11-13(2-3-13)5-7(23-11)1-4-24(20,21)22/h6-7,11H,1-5H2,(H2,20,21,22)(H3,14,16,17,19)/t7-,11-/m1/s1. The van der Waals surface area contributed by atoms with E-state index in [0.717, 1.165) is 19.3 Å². The van der Waals surface area contributed by atoms with Crippen molar-refractivity contribution in [1.82, 2.24) is 19.5 Å². The molecule has 0 unspecified atom stereocenters. The molecule has 2 aromatic heterocycles. The van der Waals surface area contributed by atoms with Crippen LogP contribution in [0.2, 0.25) is 0 Å². The van der Waals surface area contributed by atoms with E-state index in [1.165, 1.54) is 6.33 Å². The lowest BCUT2D eigenvalue weighted by Crippen LogP contribution is -2.18. The fraction of sp³-hybridized carbons (Fsp3) is 0.615. The van der Waals surface area contributed by atoms with Crippen LogP contribution in [0.5, 0.6) is 0 Å². The predicted molar refractivity (Wildman–Crippen MR) is 84.3 cm³/mol. The van der Waals surface area contributed by atoms with Crippen LogP contribution in [0.4, 0.5) is 5.95 Å². The monoisotopic (exact) mass is 355 g/mol. The molecule has 0 aromatic carbocycles. The molecule has 1 saturated heterocycles. The van der Waals surface area contributed by atoms with E-state index in [2.05, 4.69) is 15.0 Å². The Balaban J connectivity index is 1.65. The van der Waals surface area contributed by atoms with Crippen molar-refractivity contribution < 1.29 is 19.1 Å². The van der Waals surface area contributed by atoms with Gasteiger partial charge in [-0.1, -0.05) is 0 Å². The normalized spacial score (nSPS) is 25.6. The number of H-pyrrole nitrogens is 1. The van der Waals surface area contributed by atoms with Gasteiger partial charge in [0.1, 0.15) is 6.23 Å². The average Bonchev–Trinajstić information content (AvgIpc) is 2.97. The molecule has 0 radical (unpaired) electrons. The molecule has 24 heavy (non-hydrogen) atoms. The lowest BCUT2D eigenvalue weighted by Gasteiger charge is -2.19. The Hall–Kier alpha value is -1.74. The van der Waals surface area contributed by atoms with Gasteiger partial charge in [0.15, 0.2) is 11.2 Å². The van der Waals surface area contributed by atoms with Crippen LogP contribution >= 0.6 is 7.60 Å². The maximum atomic E-state index is 11.9. The lowest BCUT2D eigenvalue weighted by molar-refractivity contribution is -0.0161. The molecule has 2 aromatic rings. The lowest BCUT2D eigenvalue weighted by atomic mass is 9.99. The first-order valence-corrected chi connectivity index (χ1v) is 9.50. The van der Waals surface area contributed by atoms with Gasteiger partial charge in [-0.2, -0.15) is 4.98 Å². The summed E-state index contributed by atoms with van der Waals surface area (Å²) < 4.78 is 18.9. The van der Waals surface area contributed by atoms with Crippen LogP contribution in [0.15, 0.2) is 11.1 Å². The van der Waals surface area contributed by atoms with Crippen LogP contribution < -0.4 is 11.3 Å². The molecule has 3 heterocycles. The minimum absolute atomic E-state index is 0.00939. The minimum Gasteiger partial charge on any atom is -0.369 e. The molecular formula is C13H18N5O5P. The number of rotatable bonds is 4. The van der Waals surface area contributed by atoms with Gasteiger partial charge in [0.2, 0.25) is 5.95 Å². The Kier molecular flexibility index (Phi) is 3.37. The SMILES string of the molecule is Nc1nc2c(ncn2[C@@H]2O[C@H](CCP(=O)(O)O)CC23CC3)c(=O)[nH]1. The van der Waals surface area contributed by atoms with Gasteiger partial charge in [-0.3, -0.25) is 18.9 Å². The second-order valence-electron chi connectivity index (χ2n) is 6.63. The Labute approximate surface area is 136 Å². The molecule has 0 amide bonds. The molecular weight excluding hydrogens is 337 g/mol. The van der Waals surface area contributed by atoms with E-state index < -0.39 is 13.2 Å². The predicted octanol–water partition coefficient (Wildman–Crippen LogP) is 0.337. The van der Waals surface area contributed by atoms with E-state index in [4.69, 9.17) is 20.3 Å². The third kappa shape index (κ3) is 2.65. The number of aromatic amines is 1. The molecule has 2 atom stereocenters. The number of nitrogens with one attached hydrogen (secondary N) is 1. The summed E-state index contributed by atoms with van der Waals surface area (Å²) in [6, 6.07) is 0.